The van der Waals surface area contributed by atoms with Gasteiger partial charge in [-0.1, -0.05) is 0 Å². The summed E-state index contributed by atoms with van der Waals surface area (Å²) in [7, 11) is 0. The molecule has 1 N–H and O–H groups in total. The SMILES string of the molecule is CC(C)Oc1ccc(C(=O)NCCN2CCOCC2)cc1F. The van der Waals surface area contributed by atoms with Crippen LogP contribution < -0.4 is 10.1 Å². The highest BCUT2D eigenvalue weighted by Crippen LogP contribution is 2.19. The maximum Gasteiger partial charge on any atom is 0.251 e. The van der Waals surface area contributed by atoms with Crippen LogP contribution in [0.5, 0.6) is 5.75 Å². The molecule has 6 heteroatoms. The minimum Gasteiger partial charge on any atom is -0.488 e. The second kappa shape index (κ2) is 8.10. The molecule has 2 rings (SSSR count). The lowest BCUT2D eigenvalue weighted by Gasteiger charge is -2.26. The molecule has 1 aromatic carbocycles. The van der Waals surface area contributed by atoms with Gasteiger partial charge in [-0.05, 0) is 32.0 Å². The number of halogens is 1. The normalized spacial score (nSPS) is 15.8. The van der Waals surface area contributed by atoms with E-state index >= 15 is 0 Å². The molecule has 1 saturated heterocycles. The highest BCUT2D eigenvalue weighted by atomic mass is 19.1. The summed E-state index contributed by atoms with van der Waals surface area (Å²) in [6.45, 7) is 8.18. The summed E-state index contributed by atoms with van der Waals surface area (Å²) >= 11 is 0. The molecule has 22 heavy (non-hydrogen) atoms. The topological polar surface area (TPSA) is 50.8 Å². The van der Waals surface area contributed by atoms with Gasteiger partial charge < -0.3 is 14.8 Å². The van der Waals surface area contributed by atoms with Crippen molar-refractivity contribution >= 4 is 5.91 Å². The lowest BCUT2D eigenvalue weighted by atomic mass is 10.2. The van der Waals surface area contributed by atoms with Crippen molar-refractivity contribution in [3.63, 3.8) is 0 Å². The summed E-state index contributed by atoms with van der Waals surface area (Å²) in [4.78, 5) is 14.2. The van der Waals surface area contributed by atoms with Crippen LogP contribution in [0, 0.1) is 5.82 Å². The van der Waals surface area contributed by atoms with E-state index < -0.39 is 5.82 Å². The van der Waals surface area contributed by atoms with Gasteiger partial charge in [0, 0.05) is 31.7 Å². The van der Waals surface area contributed by atoms with Crippen LogP contribution in [0.2, 0.25) is 0 Å². The van der Waals surface area contributed by atoms with Crippen molar-refractivity contribution in [3.05, 3.63) is 29.6 Å². The average molecular weight is 310 g/mol. The van der Waals surface area contributed by atoms with Crippen molar-refractivity contribution in [2.45, 2.75) is 20.0 Å². The number of carbonyl (C=O) groups is 1. The zero-order valence-corrected chi connectivity index (χ0v) is 13.1. The molecular formula is C16H23FN2O3. The van der Waals surface area contributed by atoms with Crippen LogP contribution in [-0.2, 0) is 4.74 Å². The van der Waals surface area contributed by atoms with E-state index in [1.54, 1.807) is 6.07 Å². The van der Waals surface area contributed by atoms with Crippen molar-refractivity contribution in [3.8, 4) is 5.75 Å². The summed E-state index contributed by atoms with van der Waals surface area (Å²) in [5, 5.41) is 2.80. The predicted molar refractivity (Wildman–Crippen MR) is 81.8 cm³/mol. The Balaban J connectivity index is 1.82. The van der Waals surface area contributed by atoms with Gasteiger partial charge in [0.1, 0.15) is 0 Å². The minimum atomic E-state index is -0.519. The third-order valence-corrected chi connectivity index (χ3v) is 3.37. The average Bonchev–Trinajstić information content (AvgIpc) is 2.50. The van der Waals surface area contributed by atoms with Gasteiger partial charge >= 0.3 is 0 Å². The first-order chi connectivity index (χ1) is 10.6. The molecule has 1 heterocycles. The minimum absolute atomic E-state index is 0.109. The number of nitrogens with one attached hydrogen (secondary N) is 1. The molecule has 122 valence electrons. The van der Waals surface area contributed by atoms with Crippen LogP contribution in [0.15, 0.2) is 18.2 Å². The molecule has 0 bridgehead atoms. The van der Waals surface area contributed by atoms with Gasteiger partial charge in [0.05, 0.1) is 19.3 Å². The van der Waals surface area contributed by atoms with Crippen molar-refractivity contribution < 1.29 is 18.7 Å². The molecule has 0 unspecified atom stereocenters. The van der Waals surface area contributed by atoms with Crippen LogP contribution in [0.4, 0.5) is 4.39 Å². The Morgan fingerprint density at radius 2 is 2.14 bits per heavy atom. The number of ether oxygens (including phenoxy) is 2. The lowest BCUT2D eigenvalue weighted by molar-refractivity contribution is 0.0383. The molecule has 0 atom stereocenters. The Hall–Kier alpha value is -1.66. The van der Waals surface area contributed by atoms with Crippen LogP contribution in [0.25, 0.3) is 0 Å². The van der Waals surface area contributed by atoms with Crippen molar-refractivity contribution in [1.82, 2.24) is 10.2 Å². The third-order valence-electron chi connectivity index (χ3n) is 3.37. The van der Waals surface area contributed by atoms with E-state index in [-0.39, 0.29) is 17.8 Å². The predicted octanol–water partition coefficient (Wildman–Crippen LogP) is 1.67. The first-order valence-electron chi connectivity index (χ1n) is 7.61. The van der Waals surface area contributed by atoms with E-state index in [1.807, 2.05) is 13.8 Å². The smallest absolute Gasteiger partial charge is 0.251 e. The number of amides is 1. The highest BCUT2D eigenvalue weighted by Gasteiger charge is 2.13. The first-order valence-corrected chi connectivity index (χ1v) is 7.61. The largest absolute Gasteiger partial charge is 0.488 e. The molecule has 5 nitrogen and oxygen atoms in total. The van der Waals surface area contributed by atoms with E-state index in [0.717, 1.165) is 32.8 Å². The number of nitrogens with zero attached hydrogens (tertiary/aromatic N) is 1. The van der Waals surface area contributed by atoms with E-state index in [9.17, 15) is 9.18 Å². The maximum absolute atomic E-state index is 13.9. The van der Waals surface area contributed by atoms with Gasteiger partial charge in [-0.2, -0.15) is 0 Å². The summed E-state index contributed by atoms with van der Waals surface area (Å²) in [6, 6.07) is 4.28. The molecule has 0 aliphatic carbocycles. The number of rotatable bonds is 6. The van der Waals surface area contributed by atoms with E-state index in [1.165, 1.54) is 12.1 Å². The van der Waals surface area contributed by atoms with Crippen molar-refractivity contribution in [2.24, 2.45) is 0 Å². The van der Waals surface area contributed by atoms with Crippen LogP contribution in [0.1, 0.15) is 24.2 Å². The summed E-state index contributed by atoms with van der Waals surface area (Å²) in [5.41, 5.74) is 0.301. The van der Waals surface area contributed by atoms with Crippen LogP contribution >= 0.6 is 0 Å². The molecule has 0 spiro atoms. The zero-order valence-electron chi connectivity index (χ0n) is 13.1. The molecule has 1 fully saturated rings. The van der Waals surface area contributed by atoms with Gasteiger partial charge in [-0.3, -0.25) is 9.69 Å². The zero-order chi connectivity index (χ0) is 15.9. The third kappa shape index (κ3) is 4.96. The molecule has 1 aromatic rings. The molecule has 1 aliphatic rings. The quantitative estimate of drug-likeness (QED) is 0.868. The number of morpholine rings is 1. The van der Waals surface area contributed by atoms with Crippen molar-refractivity contribution in [2.75, 3.05) is 39.4 Å². The van der Waals surface area contributed by atoms with E-state index in [4.69, 9.17) is 9.47 Å². The fourth-order valence-corrected chi connectivity index (χ4v) is 2.25. The van der Waals surface area contributed by atoms with Crippen LogP contribution in [-0.4, -0.2) is 56.3 Å². The Morgan fingerprint density at radius 1 is 1.41 bits per heavy atom. The molecule has 0 aromatic heterocycles. The second-order valence-corrected chi connectivity index (χ2v) is 5.52. The number of carbonyl (C=O) groups excluding carboxylic acids is 1. The Kier molecular flexibility index (Phi) is 6.15. The molecule has 1 aliphatic heterocycles. The van der Waals surface area contributed by atoms with E-state index in [2.05, 4.69) is 10.2 Å². The molecule has 0 saturated carbocycles. The standard InChI is InChI=1S/C16H23FN2O3/c1-12(2)22-15-4-3-13(11-14(15)17)16(20)18-5-6-19-7-9-21-10-8-19/h3-4,11-12H,5-10H2,1-2H3,(H,18,20). The van der Waals surface area contributed by atoms with Crippen LogP contribution in [0.3, 0.4) is 0 Å². The highest BCUT2D eigenvalue weighted by molar-refractivity contribution is 5.94. The summed E-state index contributed by atoms with van der Waals surface area (Å²) in [6.07, 6.45) is -0.109. The Labute approximate surface area is 130 Å². The lowest BCUT2D eigenvalue weighted by Crippen LogP contribution is -2.41. The van der Waals surface area contributed by atoms with Gasteiger partial charge in [0.2, 0.25) is 0 Å². The molecule has 0 radical (unpaired) electrons. The van der Waals surface area contributed by atoms with Crippen molar-refractivity contribution in [1.29, 1.82) is 0 Å². The van der Waals surface area contributed by atoms with E-state index in [0.29, 0.717) is 12.1 Å². The summed E-state index contributed by atoms with van der Waals surface area (Å²) in [5.74, 6) is -0.627. The number of benzene rings is 1. The maximum atomic E-state index is 13.9. The Bertz CT molecular complexity index is 502. The fraction of sp³-hybridized carbons (Fsp3) is 0.562. The second-order valence-electron chi connectivity index (χ2n) is 5.52. The Morgan fingerprint density at radius 3 is 2.77 bits per heavy atom. The van der Waals surface area contributed by atoms with Gasteiger partial charge in [0.15, 0.2) is 11.6 Å². The van der Waals surface area contributed by atoms with Gasteiger partial charge in [0.25, 0.3) is 5.91 Å². The number of hydrogen-bond donors (Lipinski definition) is 1. The fourth-order valence-electron chi connectivity index (χ4n) is 2.25. The molecule has 1 amide bonds. The first kappa shape index (κ1) is 16.7. The number of hydrogen-bond acceptors (Lipinski definition) is 4. The van der Waals surface area contributed by atoms with Gasteiger partial charge in [-0.25, -0.2) is 4.39 Å². The monoisotopic (exact) mass is 310 g/mol. The molecular weight excluding hydrogens is 287 g/mol. The van der Waals surface area contributed by atoms with Gasteiger partial charge in [-0.15, -0.1) is 0 Å². The summed E-state index contributed by atoms with van der Waals surface area (Å²) < 4.78 is 24.4.